The van der Waals surface area contributed by atoms with E-state index >= 15 is 0 Å². The number of imide groups is 1. The van der Waals surface area contributed by atoms with Crippen molar-refractivity contribution in [3.63, 3.8) is 0 Å². The Morgan fingerprint density at radius 2 is 2.06 bits per heavy atom. The molecule has 0 aromatic rings. The van der Waals surface area contributed by atoms with Crippen molar-refractivity contribution in [2.75, 3.05) is 13.1 Å². The molecule has 0 saturated carbocycles. The van der Waals surface area contributed by atoms with Crippen LogP contribution in [0.15, 0.2) is 0 Å². The summed E-state index contributed by atoms with van der Waals surface area (Å²) in [6.45, 7) is 5.64. The van der Waals surface area contributed by atoms with Crippen molar-refractivity contribution in [2.24, 2.45) is 0 Å². The van der Waals surface area contributed by atoms with Gasteiger partial charge in [0.05, 0.1) is 0 Å². The molecule has 90 valence electrons. The highest BCUT2D eigenvalue weighted by molar-refractivity contribution is 6.07. The van der Waals surface area contributed by atoms with E-state index in [0.29, 0.717) is 6.54 Å². The molecule has 1 fully saturated rings. The molecule has 4 amide bonds. The van der Waals surface area contributed by atoms with E-state index in [4.69, 9.17) is 0 Å². The maximum atomic E-state index is 11.5. The second-order valence-electron chi connectivity index (χ2n) is 4.25. The van der Waals surface area contributed by atoms with Gasteiger partial charge in [-0.25, -0.2) is 4.79 Å². The van der Waals surface area contributed by atoms with Gasteiger partial charge in [0.1, 0.15) is 12.1 Å². The number of carbonyl (C=O) groups is 3. The normalized spacial score (nSPS) is 18.6. The SMILES string of the molecule is CCCNC(=O)CN1C(=O)NC(=O)C1(C)C. The van der Waals surface area contributed by atoms with Gasteiger partial charge < -0.3 is 10.2 Å². The van der Waals surface area contributed by atoms with Gasteiger partial charge in [-0.1, -0.05) is 6.92 Å². The lowest BCUT2D eigenvalue weighted by atomic mass is 10.0. The second-order valence-corrected chi connectivity index (χ2v) is 4.25. The molecule has 0 aromatic heterocycles. The fourth-order valence-corrected chi connectivity index (χ4v) is 1.43. The molecule has 1 aliphatic rings. The Kier molecular flexibility index (Phi) is 3.51. The molecule has 1 aliphatic heterocycles. The molecule has 1 heterocycles. The molecule has 0 radical (unpaired) electrons. The van der Waals surface area contributed by atoms with E-state index in [0.717, 1.165) is 6.42 Å². The fourth-order valence-electron chi connectivity index (χ4n) is 1.43. The number of nitrogens with one attached hydrogen (secondary N) is 2. The van der Waals surface area contributed by atoms with E-state index in [-0.39, 0.29) is 18.4 Å². The van der Waals surface area contributed by atoms with Crippen LogP contribution in [0.3, 0.4) is 0 Å². The van der Waals surface area contributed by atoms with Crippen molar-refractivity contribution in [3.05, 3.63) is 0 Å². The molecule has 0 spiro atoms. The predicted molar refractivity (Wildman–Crippen MR) is 57.6 cm³/mol. The van der Waals surface area contributed by atoms with E-state index in [1.165, 1.54) is 4.90 Å². The largest absolute Gasteiger partial charge is 0.355 e. The first-order valence-corrected chi connectivity index (χ1v) is 5.29. The molecule has 0 unspecified atom stereocenters. The molecule has 16 heavy (non-hydrogen) atoms. The number of rotatable bonds is 4. The van der Waals surface area contributed by atoms with E-state index in [9.17, 15) is 14.4 Å². The topological polar surface area (TPSA) is 78.5 Å². The Balaban J connectivity index is 2.63. The summed E-state index contributed by atoms with van der Waals surface area (Å²) in [6, 6.07) is -0.512. The summed E-state index contributed by atoms with van der Waals surface area (Å²) in [4.78, 5) is 35.5. The van der Waals surface area contributed by atoms with Gasteiger partial charge in [0.15, 0.2) is 0 Å². The fraction of sp³-hybridized carbons (Fsp3) is 0.700. The maximum Gasteiger partial charge on any atom is 0.325 e. The molecule has 0 atom stereocenters. The van der Waals surface area contributed by atoms with Crippen LogP contribution in [0.25, 0.3) is 0 Å². The third-order valence-electron chi connectivity index (χ3n) is 2.57. The van der Waals surface area contributed by atoms with Crippen molar-refractivity contribution in [1.29, 1.82) is 0 Å². The molecular weight excluding hydrogens is 210 g/mol. The van der Waals surface area contributed by atoms with Crippen LogP contribution in [0.4, 0.5) is 4.79 Å². The quantitative estimate of drug-likeness (QED) is 0.655. The first-order chi connectivity index (χ1) is 7.39. The zero-order valence-electron chi connectivity index (χ0n) is 9.79. The summed E-state index contributed by atoms with van der Waals surface area (Å²) in [5.41, 5.74) is -0.958. The number of amides is 4. The highest BCUT2D eigenvalue weighted by atomic mass is 16.2. The average Bonchev–Trinajstić information content (AvgIpc) is 2.38. The molecule has 0 bridgehead atoms. The Hall–Kier alpha value is -1.59. The van der Waals surface area contributed by atoms with Crippen molar-refractivity contribution >= 4 is 17.8 Å². The number of nitrogens with zero attached hydrogens (tertiary/aromatic N) is 1. The Morgan fingerprint density at radius 3 is 2.50 bits per heavy atom. The number of carbonyl (C=O) groups excluding carboxylic acids is 3. The van der Waals surface area contributed by atoms with Gasteiger partial charge in [-0.15, -0.1) is 0 Å². The average molecular weight is 227 g/mol. The third-order valence-corrected chi connectivity index (χ3v) is 2.57. The van der Waals surface area contributed by atoms with Gasteiger partial charge in [-0.05, 0) is 20.3 Å². The molecule has 2 N–H and O–H groups in total. The molecule has 1 rings (SSSR count). The van der Waals surface area contributed by atoms with Crippen LogP contribution in [0, 0.1) is 0 Å². The summed E-state index contributed by atoms with van der Waals surface area (Å²) in [5, 5.41) is 4.85. The van der Waals surface area contributed by atoms with Gasteiger partial charge in [-0.2, -0.15) is 0 Å². The van der Waals surface area contributed by atoms with Crippen molar-refractivity contribution < 1.29 is 14.4 Å². The van der Waals surface area contributed by atoms with Gasteiger partial charge in [-0.3, -0.25) is 14.9 Å². The molecule has 0 aliphatic carbocycles. The summed E-state index contributed by atoms with van der Waals surface area (Å²) in [6.07, 6.45) is 0.834. The van der Waals surface area contributed by atoms with Crippen molar-refractivity contribution in [1.82, 2.24) is 15.5 Å². The zero-order chi connectivity index (χ0) is 12.3. The van der Waals surface area contributed by atoms with Crippen LogP contribution >= 0.6 is 0 Å². The Morgan fingerprint density at radius 1 is 1.44 bits per heavy atom. The van der Waals surface area contributed by atoms with E-state index in [2.05, 4.69) is 10.6 Å². The monoisotopic (exact) mass is 227 g/mol. The third kappa shape index (κ3) is 2.32. The van der Waals surface area contributed by atoms with E-state index in [1.807, 2.05) is 6.92 Å². The summed E-state index contributed by atoms with van der Waals surface area (Å²) in [7, 11) is 0. The van der Waals surface area contributed by atoms with Crippen molar-refractivity contribution in [2.45, 2.75) is 32.7 Å². The predicted octanol–water partition coefficient (Wildman–Crippen LogP) is -0.157. The highest BCUT2D eigenvalue weighted by Gasteiger charge is 2.46. The lowest BCUT2D eigenvalue weighted by Crippen LogP contribution is -2.48. The van der Waals surface area contributed by atoms with Crippen LogP contribution in [0.5, 0.6) is 0 Å². The lowest BCUT2D eigenvalue weighted by Gasteiger charge is -2.27. The van der Waals surface area contributed by atoms with E-state index < -0.39 is 11.6 Å². The van der Waals surface area contributed by atoms with Crippen molar-refractivity contribution in [3.8, 4) is 0 Å². The smallest absolute Gasteiger partial charge is 0.325 e. The summed E-state index contributed by atoms with van der Waals surface area (Å²) >= 11 is 0. The van der Waals surface area contributed by atoms with Gasteiger partial charge >= 0.3 is 6.03 Å². The molecule has 0 aromatic carbocycles. The second kappa shape index (κ2) is 4.51. The van der Waals surface area contributed by atoms with Crippen LogP contribution in [-0.4, -0.2) is 41.4 Å². The van der Waals surface area contributed by atoms with Gasteiger partial charge in [0.25, 0.3) is 5.91 Å². The highest BCUT2D eigenvalue weighted by Crippen LogP contribution is 2.19. The minimum absolute atomic E-state index is 0.0927. The minimum atomic E-state index is -0.958. The number of hydrogen-bond donors (Lipinski definition) is 2. The number of urea groups is 1. The summed E-state index contributed by atoms with van der Waals surface area (Å²) in [5.74, 6) is -0.624. The molecule has 6 nitrogen and oxygen atoms in total. The lowest BCUT2D eigenvalue weighted by molar-refractivity contribution is -0.127. The molecular formula is C10H17N3O3. The van der Waals surface area contributed by atoms with E-state index in [1.54, 1.807) is 13.8 Å². The molecule has 1 saturated heterocycles. The zero-order valence-corrected chi connectivity index (χ0v) is 9.79. The van der Waals surface area contributed by atoms with Gasteiger partial charge in [0.2, 0.25) is 5.91 Å². The van der Waals surface area contributed by atoms with Crippen LogP contribution in [0.2, 0.25) is 0 Å². The van der Waals surface area contributed by atoms with Crippen LogP contribution < -0.4 is 10.6 Å². The number of hydrogen-bond acceptors (Lipinski definition) is 3. The summed E-state index contributed by atoms with van der Waals surface area (Å²) < 4.78 is 0. The van der Waals surface area contributed by atoms with Crippen LogP contribution in [0.1, 0.15) is 27.2 Å². The van der Waals surface area contributed by atoms with Gasteiger partial charge in [0, 0.05) is 6.54 Å². The standard InChI is InChI=1S/C10H17N3O3/c1-4-5-11-7(14)6-13-9(16)12-8(15)10(13,2)3/h4-6H2,1-3H3,(H,11,14)(H,12,15,16). The maximum absolute atomic E-state index is 11.5. The Labute approximate surface area is 94.4 Å². The first kappa shape index (κ1) is 12.5. The first-order valence-electron chi connectivity index (χ1n) is 5.29. The molecule has 6 heteroatoms. The Bertz CT molecular complexity index is 325. The minimum Gasteiger partial charge on any atom is -0.355 e. The van der Waals surface area contributed by atoms with Crippen LogP contribution in [-0.2, 0) is 9.59 Å².